The van der Waals surface area contributed by atoms with Crippen molar-refractivity contribution in [3.8, 4) is 0 Å². The van der Waals surface area contributed by atoms with E-state index in [4.69, 9.17) is 11.5 Å². The number of carbonyl (C=O) groups is 2. The van der Waals surface area contributed by atoms with E-state index in [0.29, 0.717) is 5.03 Å². The minimum Gasteiger partial charge on any atom is -0.370 e. The summed E-state index contributed by atoms with van der Waals surface area (Å²) < 4.78 is 0. The van der Waals surface area contributed by atoms with Crippen LogP contribution >= 0.6 is 11.8 Å². The second-order valence-corrected chi connectivity index (χ2v) is 3.96. The van der Waals surface area contributed by atoms with Crippen LogP contribution in [0.3, 0.4) is 0 Å². The van der Waals surface area contributed by atoms with E-state index in [2.05, 4.69) is 20.3 Å². The summed E-state index contributed by atoms with van der Waals surface area (Å²) in [5, 5.41) is 2.90. The van der Waals surface area contributed by atoms with Crippen LogP contribution in [0, 0.1) is 0 Å². The molecule has 0 fully saturated rings. The van der Waals surface area contributed by atoms with Crippen LogP contribution in [0.5, 0.6) is 0 Å². The molecule has 0 spiro atoms. The van der Waals surface area contributed by atoms with Gasteiger partial charge in [0.2, 0.25) is 5.91 Å². The van der Waals surface area contributed by atoms with Gasteiger partial charge in [-0.2, -0.15) is 4.99 Å². The number of hydrogen-bond donors (Lipinski definition) is 3. The van der Waals surface area contributed by atoms with Crippen molar-refractivity contribution in [2.24, 2.45) is 16.5 Å². The quantitative estimate of drug-likeness (QED) is 0.384. The van der Waals surface area contributed by atoms with Crippen LogP contribution in [-0.4, -0.2) is 34.0 Å². The Morgan fingerprint density at radius 3 is 2.61 bits per heavy atom. The monoisotopic (exact) mass is 268 g/mol. The second kappa shape index (κ2) is 5.96. The molecular formula is C9H12N6O2S. The summed E-state index contributed by atoms with van der Waals surface area (Å²) in [5.74, 6) is -1.50. The molecule has 9 heteroatoms. The van der Waals surface area contributed by atoms with Gasteiger partial charge < -0.3 is 16.8 Å². The SMILES string of the molecule is CSc1cnc(NC(C)=O)c(C(=O)N=C(N)N)n1. The van der Waals surface area contributed by atoms with Crippen LogP contribution in [0.1, 0.15) is 17.4 Å². The molecule has 0 aromatic carbocycles. The fourth-order valence-electron chi connectivity index (χ4n) is 1.05. The van der Waals surface area contributed by atoms with Crippen LogP contribution in [0.25, 0.3) is 0 Å². The van der Waals surface area contributed by atoms with Gasteiger partial charge in [-0.25, -0.2) is 9.97 Å². The van der Waals surface area contributed by atoms with E-state index in [-0.39, 0.29) is 23.4 Å². The number of carbonyl (C=O) groups excluding carboxylic acids is 2. The summed E-state index contributed by atoms with van der Waals surface area (Å²) in [4.78, 5) is 34.0. The zero-order valence-corrected chi connectivity index (χ0v) is 10.6. The Hall–Kier alpha value is -2.16. The predicted octanol–water partition coefficient (Wildman–Crippen LogP) is -0.430. The van der Waals surface area contributed by atoms with Crippen molar-refractivity contribution in [1.29, 1.82) is 0 Å². The smallest absolute Gasteiger partial charge is 0.302 e. The first-order valence-electron chi connectivity index (χ1n) is 4.76. The molecule has 0 saturated carbocycles. The number of guanidine groups is 1. The van der Waals surface area contributed by atoms with E-state index in [1.165, 1.54) is 24.9 Å². The number of rotatable bonds is 3. The number of amides is 2. The molecule has 0 atom stereocenters. The topological polar surface area (TPSA) is 136 Å². The largest absolute Gasteiger partial charge is 0.370 e. The number of nitrogens with one attached hydrogen (secondary N) is 1. The Morgan fingerprint density at radius 2 is 2.11 bits per heavy atom. The molecule has 18 heavy (non-hydrogen) atoms. The molecule has 1 heterocycles. The van der Waals surface area contributed by atoms with Gasteiger partial charge in [0.1, 0.15) is 5.03 Å². The van der Waals surface area contributed by atoms with E-state index in [0.717, 1.165) is 0 Å². The van der Waals surface area contributed by atoms with E-state index in [1.54, 1.807) is 6.26 Å². The Kier molecular flexibility index (Phi) is 4.60. The van der Waals surface area contributed by atoms with E-state index in [1.807, 2.05) is 0 Å². The van der Waals surface area contributed by atoms with Crippen LogP contribution in [0.4, 0.5) is 5.82 Å². The highest BCUT2D eigenvalue weighted by Crippen LogP contribution is 2.17. The highest BCUT2D eigenvalue weighted by atomic mass is 32.2. The third-order valence-corrected chi connectivity index (χ3v) is 2.30. The Bertz CT molecular complexity index is 512. The van der Waals surface area contributed by atoms with Gasteiger partial charge in [-0.05, 0) is 6.26 Å². The maximum Gasteiger partial charge on any atom is 0.302 e. The first kappa shape index (κ1) is 13.9. The zero-order valence-electron chi connectivity index (χ0n) is 9.80. The number of thioether (sulfide) groups is 1. The van der Waals surface area contributed by atoms with Crippen molar-refractivity contribution in [3.63, 3.8) is 0 Å². The molecule has 96 valence electrons. The summed E-state index contributed by atoms with van der Waals surface area (Å²) in [5.41, 5.74) is 10.1. The molecule has 1 rings (SSSR count). The first-order valence-corrected chi connectivity index (χ1v) is 5.99. The molecule has 8 nitrogen and oxygen atoms in total. The fraction of sp³-hybridized carbons (Fsp3) is 0.222. The van der Waals surface area contributed by atoms with E-state index in [9.17, 15) is 9.59 Å². The van der Waals surface area contributed by atoms with Crippen molar-refractivity contribution < 1.29 is 9.59 Å². The Morgan fingerprint density at radius 1 is 1.44 bits per heavy atom. The third-order valence-electron chi connectivity index (χ3n) is 1.69. The normalized spacial score (nSPS) is 9.67. The van der Waals surface area contributed by atoms with Gasteiger partial charge in [0.25, 0.3) is 0 Å². The van der Waals surface area contributed by atoms with E-state index >= 15 is 0 Å². The molecule has 0 saturated heterocycles. The number of hydrogen-bond acceptors (Lipinski definition) is 5. The lowest BCUT2D eigenvalue weighted by Crippen LogP contribution is -2.25. The molecule has 5 N–H and O–H groups in total. The maximum absolute atomic E-state index is 11.7. The molecule has 2 amide bonds. The second-order valence-electron chi connectivity index (χ2n) is 3.13. The minimum absolute atomic E-state index is 0.0234. The molecule has 0 aliphatic carbocycles. The van der Waals surface area contributed by atoms with Crippen molar-refractivity contribution >= 4 is 35.4 Å². The van der Waals surface area contributed by atoms with Gasteiger partial charge >= 0.3 is 5.91 Å². The van der Waals surface area contributed by atoms with Crippen molar-refractivity contribution in [2.45, 2.75) is 11.9 Å². The highest BCUT2D eigenvalue weighted by Gasteiger charge is 2.16. The van der Waals surface area contributed by atoms with Crippen LogP contribution in [0.2, 0.25) is 0 Å². The van der Waals surface area contributed by atoms with Crippen LogP contribution in [-0.2, 0) is 4.79 Å². The lowest BCUT2D eigenvalue weighted by molar-refractivity contribution is -0.114. The van der Waals surface area contributed by atoms with E-state index < -0.39 is 5.91 Å². The molecule has 1 aromatic rings. The first-order chi connectivity index (χ1) is 8.43. The highest BCUT2D eigenvalue weighted by molar-refractivity contribution is 7.98. The standard InChI is InChI=1S/C9H12N6O2S/c1-4(16)13-7-6(8(17)15-9(10)11)14-5(18-2)3-12-7/h3H,1-2H3,(H,12,13,16)(H4,10,11,15,17). The molecule has 0 aliphatic rings. The lowest BCUT2D eigenvalue weighted by atomic mass is 10.3. The van der Waals surface area contributed by atoms with Gasteiger partial charge in [0.05, 0.1) is 6.20 Å². The van der Waals surface area contributed by atoms with Crippen LogP contribution in [0.15, 0.2) is 16.2 Å². The van der Waals surface area contributed by atoms with Gasteiger partial charge in [-0.1, -0.05) is 0 Å². The summed E-state index contributed by atoms with van der Waals surface area (Å²) in [6.07, 6.45) is 3.21. The molecule has 1 aromatic heterocycles. The number of aromatic nitrogens is 2. The summed E-state index contributed by atoms with van der Waals surface area (Å²) in [6, 6.07) is 0. The Balaban J connectivity index is 3.23. The number of nitrogens with two attached hydrogens (primary N) is 2. The lowest BCUT2D eigenvalue weighted by Gasteiger charge is -2.06. The maximum atomic E-state index is 11.7. The number of anilines is 1. The van der Waals surface area contributed by atoms with Gasteiger partial charge in [-0.3, -0.25) is 9.59 Å². The van der Waals surface area contributed by atoms with Crippen molar-refractivity contribution in [1.82, 2.24) is 9.97 Å². The molecule has 0 unspecified atom stereocenters. The van der Waals surface area contributed by atoms with Crippen LogP contribution < -0.4 is 16.8 Å². The van der Waals surface area contributed by atoms with Crippen molar-refractivity contribution in [2.75, 3.05) is 11.6 Å². The fourth-order valence-corrected chi connectivity index (χ4v) is 1.39. The minimum atomic E-state index is -0.762. The van der Waals surface area contributed by atoms with Gasteiger partial charge in [0.15, 0.2) is 17.5 Å². The van der Waals surface area contributed by atoms with Crippen molar-refractivity contribution in [3.05, 3.63) is 11.9 Å². The Labute approximate surface area is 107 Å². The van der Waals surface area contributed by atoms with Gasteiger partial charge in [0, 0.05) is 6.92 Å². The molecule has 0 aliphatic heterocycles. The summed E-state index contributed by atoms with van der Waals surface area (Å²) in [6.45, 7) is 1.29. The number of nitrogens with zero attached hydrogens (tertiary/aromatic N) is 3. The average molecular weight is 268 g/mol. The third kappa shape index (κ3) is 3.70. The summed E-state index contributed by atoms with van der Waals surface area (Å²) in [7, 11) is 0. The summed E-state index contributed by atoms with van der Waals surface area (Å²) >= 11 is 1.30. The average Bonchev–Trinajstić information content (AvgIpc) is 2.27. The molecule has 0 bridgehead atoms. The molecule has 0 radical (unpaired) electrons. The van der Waals surface area contributed by atoms with Gasteiger partial charge in [-0.15, -0.1) is 11.8 Å². The molecular weight excluding hydrogens is 256 g/mol. The number of aliphatic imine (C=N–C) groups is 1. The zero-order chi connectivity index (χ0) is 13.7. The predicted molar refractivity (Wildman–Crippen MR) is 68.3 cm³/mol.